The first-order valence-corrected chi connectivity index (χ1v) is 9.10. The molecule has 1 heterocycles. The molecule has 1 aliphatic heterocycles. The molecule has 6 atom stereocenters. The number of aliphatic hydroxyl groups excluding tert-OH is 1. The number of nitrogens with zero attached hydrogens (tertiary/aromatic N) is 1. The van der Waals surface area contributed by atoms with Gasteiger partial charge in [-0.2, -0.15) is 0 Å². The van der Waals surface area contributed by atoms with Crippen molar-refractivity contribution >= 4 is 0 Å². The second-order valence-electron chi connectivity index (χ2n) is 9.22. The maximum absolute atomic E-state index is 10.5. The van der Waals surface area contributed by atoms with Crippen LogP contribution in [-0.2, 0) is 0 Å². The van der Waals surface area contributed by atoms with Gasteiger partial charge in [0, 0.05) is 19.1 Å². The molecule has 1 aliphatic carbocycles. The highest BCUT2D eigenvalue weighted by atomic mass is 16.3. The van der Waals surface area contributed by atoms with Gasteiger partial charge in [-0.05, 0) is 61.7 Å². The molecule has 0 spiro atoms. The molecule has 2 heteroatoms. The molecule has 2 aliphatic rings. The van der Waals surface area contributed by atoms with Crippen molar-refractivity contribution in [2.75, 3.05) is 13.1 Å². The monoisotopic (exact) mass is 295 g/mol. The summed E-state index contributed by atoms with van der Waals surface area (Å²) in [5, 5.41) is 10.5. The van der Waals surface area contributed by atoms with Gasteiger partial charge in [-0.1, -0.05) is 34.6 Å². The van der Waals surface area contributed by atoms with E-state index in [9.17, 15) is 5.11 Å². The first kappa shape index (κ1) is 17.3. The van der Waals surface area contributed by atoms with Crippen molar-refractivity contribution in [2.45, 2.75) is 79.4 Å². The van der Waals surface area contributed by atoms with Crippen LogP contribution in [0, 0.1) is 29.1 Å². The summed E-state index contributed by atoms with van der Waals surface area (Å²) in [6.07, 6.45) is 4.68. The third-order valence-electron chi connectivity index (χ3n) is 6.36. The van der Waals surface area contributed by atoms with Crippen molar-refractivity contribution < 1.29 is 5.11 Å². The van der Waals surface area contributed by atoms with Crippen LogP contribution < -0.4 is 0 Å². The van der Waals surface area contributed by atoms with Crippen LogP contribution in [0.4, 0.5) is 0 Å². The minimum absolute atomic E-state index is 0.0802. The number of hydrogen-bond acceptors (Lipinski definition) is 2. The number of aliphatic hydroxyl groups is 1. The molecule has 124 valence electrons. The Labute approximate surface area is 132 Å². The minimum atomic E-state index is -0.0802. The largest absolute Gasteiger partial charge is 0.393 e. The van der Waals surface area contributed by atoms with E-state index in [4.69, 9.17) is 0 Å². The van der Waals surface area contributed by atoms with Crippen molar-refractivity contribution in [2.24, 2.45) is 29.1 Å². The minimum Gasteiger partial charge on any atom is -0.393 e. The van der Waals surface area contributed by atoms with Crippen molar-refractivity contribution in [3.8, 4) is 0 Å². The lowest BCUT2D eigenvalue weighted by atomic mass is 9.68. The molecule has 1 saturated carbocycles. The lowest BCUT2D eigenvalue weighted by Gasteiger charge is -2.46. The van der Waals surface area contributed by atoms with E-state index in [1.807, 2.05) is 0 Å². The fraction of sp³-hybridized carbons (Fsp3) is 1.00. The van der Waals surface area contributed by atoms with Crippen LogP contribution in [0.25, 0.3) is 0 Å². The van der Waals surface area contributed by atoms with Crippen LogP contribution in [0.5, 0.6) is 0 Å². The maximum atomic E-state index is 10.5. The van der Waals surface area contributed by atoms with Crippen LogP contribution in [0.2, 0.25) is 0 Å². The van der Waals surface area contributed by atoms with E-state index >= 15 is 0 Å². The molecular formula is C19H37NO. The van der Waals surface area contributed by atoms with Gasteiger partial charge in [0.1, 0.15) is 0 Å². The van der Waals surface area contributed by atoms with Crippen molar-refractivity contribution in [1.82, 2.24) is 4.90 Å². The molecule has 0 radical (unpaired) electrons. The summed E-state index contributed by atoms with van der Waals surface area (Å²) in [6.45, 7) is 16.6. The smallest absolute Gasteiger partial charge is 0.0580 e. The van der Waals surface area contributed by atoms with E-state index in [-0.39, 0.29) is 6.10 Å². The summed E-state index contributed by atoms with van der Waals surface area (Å²) in [6, 6.07) is 0.670. The Morgan fingerprint density at radius 3 is 2.33 bits per heavy atom. The fourth-order valence-corrected chi connectivity index (χ4v) is 4.61. The highest BCUT2D eigenvalue weighted by molar-refractivity contribution is 4.90. The summed E-state index contributed by atoms with van der Waals surface area (Å²) in [5.41, 5.74) is 0.381. The average Bonchev–Trinajstić information content (AvgIpc) is 2.36. The molecule has 0 aromatic heterocycles. The van der Waals surface area contributed by atoms with Crippen molar-refractivity contribution in [1.29, 1.82) is 0 Å². The van der Waals surface area contributed by atoms with Gasteiger partial charge in [0.2, 0.25) is 0 Å². The van der Waals surface area contributed by atoms with Crippen LogP contribution in [0.3, 0.4) is 0 Å². The van der Waals surface area contributed by atoms with Gasteiger partial charge < -0.3 is 5.11 Å². The molecule has 2 nitrogen and oxygen atoms in total. The van der Waals surface area contributed by atoms with Crippen LogP contribution >= 0.6 is 0 Å². The number of likely N-dealkylation sites (tertiary alicyclic amines) is 1. The van der Waals surface area contributed by atoms with Gasteiger partial charge in [0.15, 0.2) is 0 Å². The first-order valence-electron chi connectivity index (χ1n) is 9.10. The summed E-state index contributed by atoms with van der Waals surface area (Å²) in [5.74, 6) is 2.83. The van der Waals surface area contributed by atoms with Gasteiger partial charge in [-0.15, -0.1) is 0 Å². The number of hydrogen-bond donors (Lipinski definition) is 1. The van der Waals surface area contributed by atoms with Gasteiger partial charge in [-0.3, -0.25) is 4.90 Å². The van der Waals surface area contributed by atoms with E-state index in [0.29, 0.717) is 17.4 Å². The Balaban J connectivity index is 1.99. The molecule has 2 fully saturated rings. The fourth-order valence-electron chi connectivity index (χ4n) is 4.61. The first-order chi connectivity index (χ1) is 9.68. The predicted octanol–water partition coefficient (Wildman–Crippen LogP) is 4.18. The Hall–Kier alpha value is -0.0800. The van der Waals surface area contributed by atoms with Crippen molar-refractivity contribution in [3.63, 3.8) is 0 Å². The SMILES string of the molecule is CC1CC(C)C(C)N(CC2CC(C(C)(C)C)CCC2O)C1. The van der Waals surface area contributed by atoms with Gasteiger partial charge in [0.25, 0.3) is 0 Å². The van der Waals surface area contributed by atoms with E-state index in [2.05, 4.69) is 46.4 Å². The molecule has 1 saturated heterocycles. The molecule has 1 N–H and O–H groups in total. The van der Waals surface area contributed by atoms with E-state index in [0.717, 1.165) is 30.7 Å². The third kappa shape index (κ3) is 4.22. The van der Waals surface area contributed by atoms with Gasteiger partial charge in [0.05, 0.1) is 6.10 Å². The second-order valence-corrected chi connectivity index (χ2v) is 9.22. The van der Waals surface area contributed by atoms with Crippen LogP contribution in [0.15, 0.2) is 0 Å². The molecule has 6 unspecified atom stereocenters. The molecule has 2 rings (SSSR count). The Bertz CT molecular complexity index is 335. The van der Waals surface area contributed by atoms with E-state index in [1.54, 1.807) is 0 Å². The van der Waals surface area contributed by atoms with E-state index < -0.39 is 0 Å². The molecule has 0 aromatic carbocycles. The summed E-state index contributed by atoms with van der Waals surface area (Å²) in [4.78, 5) is 2.66. The Morgan fingerprint density at radius 2 is 1.71 bits per heavy atom. The maximum Gasteiger partial charge on any atom is 0.0580 e. The second kappa shape index (κ2) is 6.58. The normalized spacial score (nSPS) is 43.0. The highest BCUT2D eigenvalue weighted by Gasteiger charge is 2.38. The topological polar surface area (TPSA) is 23.5 Å². The third-order valence-corrected chi connectivity index (χ3v) is 6.36. The predicted molar refractivity (Wildman–Crippen MR) is 90.3 cm³/mol. The van der Waals surface area contributed by atoms with Crippen molar-refractivity contribution in [3.05, 3.63) is 0 Å². The average molecular weight is 296 g/mol. The molecule has 0 amide bonds. The lowest BCUT2D eigenvalue weighted by Crippen LogP contribution is -2.50. The van der Waals surface area contributed by atoms with Gasteiger partial charge in [-0.25, -0.2) is 0 Å². The molecular weight excluding hydrogens is 258 g/mol. The standard InChI is InChI=1S/C19H37NO/c1-13-9-14(2)15(3)20(11-13)12-16-10-17(19(4,5)6)7-8-18(16)21/h13-18,21H,7-12H2,1-6H3. The highest BCUT2D eigenvalue weighted by Crippen LogP contribution is 2.41. The zero-order chi connectivity index (χ0) is 15.8. The molecule has 0 aromatic rings. The summed E-state index contributed by atoms with van der Waals surface area (Å²) >= 11 is 0. The Kier molecular flexibility index (Phi) is 5.41. The van der Waals surface area contributed by atoms with E-state index in [1.165, 1.54) is 25.8 Å². The van der Waals surface area contributed by atoms with Gasteiger partial charge >= 0.3 is 0 Å². The molecule has 0 bridgehead atoms. The summed E-state index contributed by atoms with van der Waals surface area (Å²) in [7, 11) is 0. The van der Waals surface area contributed by atoms with Crippen LogP contribution in [-0.4, -0.2) is 35.2 Å². The number of rotatable bonds is 2. The number of piperidine rings is 1. The Morgan fingerprint density at radius 1 is 1.05 bits per heavy atom. The van der Waals surface area contributed by atoms with Crippen LogP contribution in [0.1, 0.15) is 67.2 Å². The lowest BCUT2D eigenvalue weighted by molar-refractivity contribution is -0.0189. The zero-order valence-corrected chi connectivity index (χ0v) is 15.1. The quantitative estimate of drug-likeness (QED) is 0.826. The molecule has 21 heavy (non-hydrogen) atoms. The zero-order valence-electron chi connectivity index (χ0n) is 15.1. The summed E-state index contributed by atoms with van der Waals surface area (Å²) < 4.78 is 0.